The summed E-state index contributed by atoms with van der Waals surface area (Å²) in [5, 5.41) is 15.5. The van der Waals surface area contributed by atoms with E-state index in [1.165, 1.54) is 7.11 Å². The topological polar surface area (TPSA) is 81.9 Å². The summed E-state index contributed by atoms with van der Waals surface area (Å²) in [6.45, 7) is 2.07. The molecular weight excluding hydrogens is 306 g/mol. The number of benzene rings is 1. The number of hydrogen-bond acceptors (Lipinski definition) is 5. The molecule has 0 aliphatic heterocycles. The lowest BCUT2D eigenvalue weighted by molar-refractivity contribution is -0.127. The molecule has 7 nitrogen and oxygen atoms in total. The van der Waals surface area contributed by atoms with Gasteiger partial charge in [-0.05, 0) is 47.9 Å². The molecule has 7 heteroatoms. The molecule has 1 aliphatic rings. The fraction of sp³-hybridized carbons (Fsp3) is 0.529. The lowest BCUT2D eigenvalue weighted by atomic mass is 9.80. The van der Waals surface area contributed by atoms with Gasteiger partial charge in [0.05, 0.1) is 5.69 Å². The summed E-state index contributed by atoms with van der Waals surface area (Å²) >= 11 is 0. The van der Waals surface area contributed by atoms with E-state index >= 15 is 0 Å². The van der Waals surface area contributed by atoms with Gasteiger partial charge in [0.25, 0.3) is 0 Å². The van der Waals surface area contributed by atoms with Crippen molar-refractivity contribution >= 4 is 5.91 Å². The monoisotopic (exact) mass is 329 g/mol. The number of nitrogens with zero attached hydrogens (tertiary/aromatic N) is 4. The van der Waals surface area contributed by atoms with Crippen molar-refractivity contribution in [3.8, 4) is 5.69 Å². The van der Waals surface area contributed by atoms with Crippen LogP contribution in [0, 0.1) is 6.92 Å². The zero-order valence-electron chi connectivity index (χ0n) is 14.2. The second kappa shape index (κ2) is 7.09. The number of hydrogen-bond donors (Lipinski definition) is 1. The highest BCUT2D eigenvalue weighted by Crippen LogP contribution is 2.36. The van der Waals surface area contributed by atoms with Crippen LogP contribution >= 0.6 is 0 Å². The molecular formula is C17H23N5O2. The zero-order chi connectivity index (χ0) is 17.0. The van der Waals surface area contributed by atoms with Crippen LogP contribution in [-0.4, -0.2) is 39.8 Å². The molecule has 1 fully saturated rings. The number of aromatic nitrogens is 4. The molecule has 0 radical (unpaired) electrons. The SMILES string of the molecule is COCC(=O)NC1(c2nnnn2-c2cccc(C)c2)CCCCC1. The summed E-state index contributed by atoms with van der Waals surface area (Å²) < 4.78 is 6.71. The van der Waals surface area contributed by atoms with Crippen LogP contribution < -0.4 is 5.32 Å². The molecule has 1 saturated carbocycles. The number of methoxy groups -OCH3 is 1. The van der Waals surface area contributed by atoms with Gasteiger partial charge < -0.3 is 10.1 Å². The Bertz CT molecular complexity index is 707. The van der Waals surface area contributed by atoms with E-state index in [-0.39, 0.29) is 12.5 Å². The second-order valence-corrected chi connectivity index (χ2v) is 6.38. The van der Waals surface area contributed by atoms with E-state index < -0.39 is 5.54 Å². The van der Waals surface area contributed by atoms with Crippen LogP contribution in [0.2, 0.25) is 0 Å². The smallest absolute Gasteiger partial charge is 0.246 e. The van der Waals surface area contributed by atoms with Gasteiger partial charge in [-0.25, -0.2) is 0 Å². The number of carbonyl (C=O) groups excluding carboxylic acids is 1. The third-order valence-corrected chi connectivity index (χ3v) is 4.51. The average molecular weight is 329 g/mol. The molecule has 1 amide bonds. The van der Waals surface area contributed by atoms with Crippen LogP contribution in [0.1, 0.15) is 43.5 Å². The highest BCUT2D eigenvalue weighted by Gasteiger charge is 2.40. The lowest BCUT2D eigenvalue weighted by Crippen LogP contribution is -2.50. The predicted molar refractivity (Wildman–Crippen MR) is 88.7 cm³/mol. The van der Waals surface area contributed by atoms with Crippen molar-refractivity contribution in [2.45, 2.75) is 44.6 Å². The highest BCUT2D eigenvalue weighted by atomic mass is 16.5. The predicted octanol–water partition coefficient (Wildman–Crippen LogP) is 1.89. The van der Waals surface area contributed by atoms with E-state index in [0.29, 0.717) is 5.82 Å². The molecule has 0 saturated heterocycles. The summed E-state index contributed by atoms with van der Waals surface area (Å²) in [6.07, 6.45) is 4.89. The molecule has 2 aromatic rings. The van der Waals surface area contributed by atoms with Crippen molar-refractivity contribution in [2.75, 3.05) is 13.7 Å². The lowest BCUT2D eigenvalue weighted by Gasteiger charge is -2.36. The van der Waals surface area contributed by atoms with Gasteiger partial charge >= 0.3 is 0 Å². The third-order valence-electron chi connectivity index (χ3n) is 4.51. The summed E-state index contributed by atoms with van der Waals surface area (Å²) in [4.78, 5) is 12.2. The maximum absolute atomic E-state index is 12.2. The largest absolute Gasteiger partial charge is 0.375 e. The first-order chi connectivity index (χ1) is 11.6. The van der Waals surface area contributed by atoms with E-state index in [0.717, 1.165) is 43.4 Å². The van der Waals surface area contributed by atoms with Gasteiger partial charge in [0.2, 0.25) is 5.91 Å². The molecule has 1 aromatic carbocycles. The van der Waals surface area contributed by atoms with E-state index in [1.54, 1.807) is 4.68 Å². The Labute approximate surface area is 141 Å². The number of tetrazole rings is 1. The van der Waals surface area contributed by atoms with Crippen LogP contribution in [0.25, 0.3) is 5.69 Å². The number of nitrogens with one attached hydrogen (secondary N) is 1. The van der Waals surface area contributed by atoms with E-state index in [4.69, 9.17) is 4.74 Å². The number of carbonyl (C=O) groups is 1. The van der Waals surface area contributed by atoms with Crippen LogP contribution in [0.3, 0.4) is 0 Å². The normalized spacial score (nSPS) is 16.8. The Morgan fingerprint density at radius 1 is 1.33 bits per heavy atom. The van der Waals surface area contributed by atoms with Crippen molar-refractivity contribution in [1.82, 2.24) is 25.5 Å². The Kier molecular flexibility index (Phi) is 4.89. The minimum atomic E-state index is -0.541. The van der Waals surface area contributed by atoms with Crippen molar-refractivity contribution in [1.29, 1.82) is 0 Å². The minimum absolute atomic E-state index is 0.0355. The quantitative estimate of drug-likeness (QED) is 0.906. The first-order valence-corrected chi connectivity index (χ1v) is 8.30. The molecule has 1 aromatic heterocycles. The van der Waals surface area contributed by atoms with E-state index in [9.17, 15) is 4.79 Å². The van der Waals surface area contributed by atoms with Gasteiger partial charge in [-0.1, -0.05) is 31.4 Å². The maximum atomic E-state index is 12.2. The Morgan fingerprint density at radius 2 is 2.12 bits per heavy atom. The molecule has 0 unspecified atom stereocenters. The third kappa shape index (κ3) is 3.31. The first-order valence-electron chi connectivity index (χ1n) is 8.30. The average Bonchev–Trinajstić information content (AvgIpc) is 3.06. The fourth-order valence-corrected chi connectivity index (χ4v) is 3.41. The molecule has 0 atom stereocenters. The van der Waals surface area contributed by atoms with Crippen LogP contribution in [0.15, 0.2) is 24.3 Å². The van der Waals surface area contributed by atoms with Crippen LogP contribution in [-0.2, 0) is 15.1 Å². The number of amides is 1. The standard InChI is InChI=1S/C17H23N5O2/c1-13-7-6-8-14(11-13)22-16(19-20-21-22)17(9-4-3-5-10-17)18-15(23)12-24-2/h6-8,11H,3-5,9-10,12H2,1-2H3,(H,18,23). The van der Waals surface area contributed by atoms with Gasteiger partial charge in [-0.3, -0.25) is 4.79 Å². The summed E-state index contributed by atoms with van der Waals surface area (Å²) in [5.74, 6) is 0.551. The number of ether oxygens (including phenoxy) is 1. The Balaban J connectivity index is 2.00. The number of rotatable bonds is 5. The molecule has 0 bridgehead atoms. The van der Waals surface area contributed by atoms with Gasteiger partial charge in [0.1, 0.15) is 12.1 Å². The summed E-state index contributed by atoms with van der Waals surface area (Å²) in [6, 6.07) is 8.02. The van der Waals surface area contributed by atoms with Crippen molar-refractivity contribution in [3.05, 3.63) is 35.7 Å². The van der Waals surface area contributed by atoms with E-state index in [1.807, 2.05) is 31.2 Å². The van der Waals surface area contributed by atoms with Gasteiger partial charge in [0.15, 0.2) is 5.82 Å². The van der Waals surface area contributed by atoms with Crippen molar-refractivity contribution in [2.24, 2.45) is 0 Å². The molecule has 0 spiro atoms. The molecule has 1 aliphatic carbocycles. The fourth-order valence-electron chi connectivity index (χ4n) is 3.41. The summed E-state index contributed by atoms with van der Waals surface area (Å²) in [7, 11) is 1.52. The Morgan fingerprint density at radius 3 is 2.83 bits per heavy atom. The van der Waals surface area contributed by atoms with Gasteiger partial charge in [-0.2, -0.15) is 4.68 Å². The van der Waals surface area contributed by atoms with Crippen LogP contribution in [0.5, 0.6) is 0 Å². The minimum Gasteiger partial charge on any atom is -0.375 e. The van der Waals surface area contributed by atoms with Crippen molar-refractivity contribution in [3.63, 3.8) is 0 Å². The van der Waals surface area contributed by atoms with Gasteiger partial charge in [-0.15, -0.1) is 5.10 Å². The van der Waals surface area contributed by atoms with Gasteiger partial charge in [0, 0.05) is 7.11 Å². The first kappa shape index (κ1) is 16.6. The highest BCUT2D eigenvalue weighted by molar-refractivity contribution is 5.78. The molecule has 1 N–H and O–H groups in total. The molecule has 1 heterocycles. The number of aryl methyl sites for hydroxylation is 1. The second-order valence-electron chi connectivity index (χ2n) is 6.38. The summed E-state index contributed by atoms with van der Waals surface area (Å²) in [5.41, 5.74) is 1.50. The van der Waals surface area contributed by atoms with Crippen LogP contribution in [0.4, 0.5) is 0 Å². The molecule has 128 valence electrons. The van der Waals surface area contributed by atoms with Crippen molar-refractivity contribution < 1.29 is 9.53 Å². The van der Waals surface area contributed by atoms with E-state index in [2.05, 4.69) is 20.8 Å². The molecule has 24 heavy (non-hydrogen) atoms. The zero-order valence-corrected chi connectivity index (χ0v) is 14.2. The molecule has 3 rings (SSSR count). The Hall–Kier alpha value is -2.28. The maximum Gasteiger partial charge on any atom is 0.246 e.